The van der Waals surface area contributed by atoms with Gasteiger partial charge in [-0.15, -0.1) is 0 Å². The molecule has 2 heteroatoms. The number of hydrogen-bond acceptors (Lipinski definition) is 2. The Labute approximate surface area is 160 Å². The third-order valence-electron chi connectivity index (χ3n) is 4.79. The van der Waals surface area contributed by atoms with E-state index >= 15 is 0 Å². The van der Waals surface area contributed by atoms with E-state index in [-0.39, 0.29) is 6.04 Å². The SMILES string of the molecule is CC(Nc1ccccc1OCc1ccccc1)c1cccc2ccccc12. The Hall–Kier alpha value is -3.26. The van der Waals surface area contributed by atoms with Crippen molar-refractivity contribution in [2.45, 2.75) is 19.6 Å². The predicted octanol–water partition coefficient (Wildman–Crippen LogP) is 6.59. The molecular weight excluding hydrogens is 330 g/mol. The van der Waals surface area contributed by atoms with Crippen molar-refractivity contribution in [2.75, 3.05) is 5.32 Å². The number of ether oxygens (including phenoxy) is 1. The van der Waals surface area contributed by atoms with Crippen LogP contribution < -0.4 is 10.1 Å². The summed E-state index contributed by atoms with van der Waals surface area (Å²) in [4.78, 5) is 0. The molecule has 0 spiro atoms. The number of hydrogen-bond donors (Lipinski definition) is 1. The average molecular weight is 353 g/mol. The molecule has 0 aliphatic carbocycles. The Balaban J connectivity index is 1.55. The minimum atomic E-state index is 0.164. The first-order chi connectivity index (χ1) is 13.3. The van der Waals surface area contributed by atoms with Crippen molar-refractivity contribution in [3.05, 3.63) is 108 Å². The van der Waals surface area contributed by atoms with Gasteiger partial charge in [0.25, 0.3) is 0 Å². The summed E-state index contributed by atoms with van der Waals surface area (Å²) < 4.78 is 6.08. The highest BCUT2D eigenvalue weighted by Crippen LogP contribution is 2.31. The van der Waals surface area contributed by atoms with Crippen LogP contribution in [-0.4, -0.2) is 0 Å². The second-order valence-electron chi connectivity index (χ2n) is 6.70. The van der Waals surface area contributed by atoms with E-state index in [1.807, 2.05) is 36.4 Å². The third-order valence-corrected chi connectivity index (χ3v) is 4.79. The molecule has 0 amide bonds. The molecule has 0 aromatic heterocycles. The van der Waals surface area contributed by atoms with Gasteiger partial charge in [0.1, 0.15) is 12.4 Å². The van der Waals surface area contributed by atoms with Crippen molar-refractivity contribution in [3.63, 3.8) is 0 Å². The van der Waals surface area contributed by atoms with Crippen LogP contribution in [0.5, 0.6) is 5.75 Å². The van der Waals surface area contributed by atoms with Crippen LogP contribution in [0.15, 0.2) is 97.1 Å². The fourth-order valence-corrected chi connectivity index (χ4v) is 3.39. The van der Waals surface area contributed by atoms with Crippen LogP contribution in [0.4, 0.5) is 5.69 Å². The molecule has 134 valence electrons. The van der Waals surface area contributed by atoms with Crippen LogP contribution in [0, 0.1) is 0 Å². The molecule has 0 radical (unpaired) electrons. The molecule has 4 rings (SSSR count). The van der Waals surface area contributed by atoms with E-state index in [0.717, 1.165) is 17.0 Å². The number of rotatable bonds is 6. The summed E-state index contributed by atoms with van der Waals surface area (Å²) >= 11 is 0. The van der Waals surface area contributed by atoms with Gasteiger partial charge >= 0.3 is 0 Å². The minimum Gasteiger partial charge on any atom is -0.487 e. The Morgan fingerprint density at radius 1 is 0.741 bits per heavy atom. The van der Waals surface area contributed by atoms with Crippen LogP contribution in [-0.2, 0) is 6.61 Å². The van der Waals surface area contributed by atoms with E-state index in [1.54, 1.807) is 0 Å². The lowest BCUT2D eigenvalue weighted by Crippen LogP contribution is -2.08. The standard InChI is InChI=1S/C25H23NO/c1-19(22-15-9-13-21-12-5-6-14-23(21)22)26-24-16-7-8-17-25(24)27-18-20-10-3-2-4-11-20/h2-17,19,26H,18H2,1H3. The highest BCUT2D eigenvalue weighted by Gasteiger charge is 2.11. The Kier molecular flexibility index (Phi) is 5.06. The molecule has 2 nitrogen and oxygen atoms in total. The quantitative estimate of drug-likeness (QED) is 0.422. The van der Waals surface area contributed by atoms with Crippen LogP contribution in [0.3, 0.4) is 0 Å². The molecule has 0 saturated heterocycles. The third kappa shape index (κ3) is 3.95. The second-order valence-corrected chi connectivity index (χ2v) is 6.70. The summed E-state index contributed by atoms with van der Waals surface area (Å²) in [7, 11) is 0. The van der Waals surface area contributed by atoms with Crippen molar-refractivity contribution >= 4 is 16.5 Å². The number of anilines is 1. The predicted molar refractivity (Wildman–Crippen MR) is 113 cm³/mol. The lowest BCUT2D eigenvalue weighted by Gasteiger charge is -2.20. The highest BCUT2D eigenvalue weighted by molar-refractivity contribution is 5.86. The molecule has 0 saturated carbocycles. The van der Waals surface area contributed by atoms with Crippen molar-refractivity contribution in [2.24, 2.45) is 0 Å². The fraction of sp³-hybridized carbons (Fsp3) is 0.120. The lowest BCUT2D eigenvalue weighted by atomic mass is 9.99. The van der Waals surface area contributed by atoms with Crippen molar-refractivity contribution < 1.29 is 4.74 Å². The van der Waals surface area contributed by atoms with Gasteiger partial charge in [0.05, 0.1) is 5.69 Å². The van der Waals surface area contributed by atoms with Gasteiger partial charge in [-0.25, -0.2) is 0 Å². The van der Waals surface area contributed by atoms with E-state index in [9.17, 15) is 0 Å². The van der Waals surface area contributed by atoms with Crippen LogP contribution in [0.1, 0.15) is 24.1 Å². The molecule has 0 aliphatic rings. The fourth-order valence-electron chi connectivity index (χ4n) is 3.39. The zero-order valence-electron chi connectivity index (χ0n) is 15.4. The largest absolute Gasteiger partial charge is 0.487 e. The van der Waals surface area contributed by atoms with E-state index in [0.29, 0.717) is 6.61 Å². The van der Waals surface area contributed by atoms with Crippen LogP contribution >= 0.6 is 0 Å². The molecule has 0 aliphatic heterocycles. The second kappa shape index (κ2) is 7.96. The Morgan fingerprint density at radius 2 is 1.44 bits per heavy atom. The highest BCUT2D eigenvalue weighted by atomic mass is 16.5. The summed E-state index contributed by atoms with van der Waals surface area (Å²) in [6, 6.07) is 33.5. The maximum Gasteiger partial charge on any atom is 0.142 e. The van der Waals surface area contributed by atoms with Gasteiger partial charge in [-0.3, -0.25) is 0 Å². The van der Waals surface area contributed by atoms with E-state index < -0.39 is 0 Å². The maximum absolute atomic E-state index is 6.08. The number of benzene rings is 4. The van der Waals surface area contributed by atoms with Gasteiger partial charge in [0.15, 0.2) is 0 Å². The summed E-state index contributed by atoms with van der Waals surface area (Å²) in [5, 5.41) is 6.17. The number of para-hydroxylation sites is 2. The molecule has 4 aromatic carbocycles. The van der Waals surface area contributed by atoms with Gasteiger partial charge in [-0.2, -0.15) is 0 Å². The molecule has 0 heterocycles. The normalized spacial score (nSPS) is 11.9. The molecule has 0 fully saturated rings. The molecule has 1 N–H and O–H groups in total. The van der Waals surface area contributed by atoms with Crippen LogP contribution in [0.25, 0.3) is 10.8 Å². The summed E-state index contributed by atoms with van der Waals surface area (Å²) in [5.74, 6) is 0.869. The monoisotopic (exact) mass is 353 g/mol. The smallest absolute Gasteiger partial charge is 0.142 e. The van der Waals surface area contributed by atoms with Gasteiger partial charge < -0.3 is 10.1 Å². The Bertz CT molecular complexity index is 1020. The first kappa shape index (κ1) is 17.2. The van der Waals surface area contributed by atoms with E-state index in [4.69, 9.17) is 4.74 Å². The zero-order valence-corrected chi connectivity index (χ0v) is 15.4. The van der Waals surface area contributed by atoms with Crippen molar-refractivity contribution in [1.82, 2.24) is 0 Å². The van der Waals surface area contributed by atoms with Gasteiger partial charge in [-0.1, -0.05) is 84.9 Å². The van der Waals surface area contributed by atoms with Gasteiger partial charge in [0, 0.05) is 6.04 Å². The first-order valence-corrected chi connectivity index (χ1v) is 9.31. The topological polar surface area (TPSA) is 21.3 Å². The zero-order chi connectivity index (χ0) is 18.5. The molecule has 1 unspecified atom stereocenters. The first-order valence-electron chi connectivity index (χ1n) is 9.31. The van der Waals surface area contributed by atoms with Gasteiger partial charge in [0.2, 0.25) is 0 Å². The van der Waals surface area contributed by atoms with Crippen molar-refractivity contribution in [1.29, 1.82) is 0 Å². The van der Waals surface area contributed by atoms with E-state index in [1.165, 1.54) is 16.3 Å². The van der Waals surface area contributed by atoms with Crippen LogP contribution in [0.2, 0.25) is 0 Å². The number of nitrogens with one attached hydrogen (secondary N) is 1. The van der Waals surface area contributed by atoms with Crippen molar-refractivity contribution in [3.8, 4) is 5.75 Å². The molecule has 27 heavy (non-hydrogen) atoms. The molecule has 4 aromatic rings. The average Bonchev–Trinajstić information content (AvgIpc) is 2.73. The molecule has 0 bridgehead atoms. The molecular formula is C25H23NO. The van der Waals surface area contributed by atoms with E-state index in [2.05, 4.69) is 72.9 Å². The molecule has 1 atom stereocenters. The maximum atomic E-state index is 6.08. The summed E-state index contributed by atoms with van der Waals surface area (Å²) in [5.41, 5.74) is 3.45. The number of fused-ring (bicyclic) bond motifs is 1. The lowest BCUT2D eigenvalue weighted by molar-refractivity contribution is 0.307. The van der Waals surface area contributed by atoms with Gasteiger partial charge in [-0.05, 0) is 41.0 Å². The minimum absolute atomic E-state index is 0.164. The Morgan fingerprint density at radius 3 is 2.33 bits per heavy atom. The summed E-state index contributed by atoms with van der Waals surface area (Å²) in [6.07, 6.45) is 0. The summed E-state index contributed by atoms with van der Waals surface area (Å²) in [6.45, 7) is 2.75.